The molecule has 0 bridgehead atoms. The molecular weight excluding hydrogens is 268 g/mol. The van der Waals surface area contributed by atoms with Crippen molar-refractivity contribution in [2.75, 3.05) is 0 Å². The number of rotatable bonds is 1. The number of Topliss-reactive ketones (excluding diaryl/α,β-unsaturated/α-hetero) is 1. The summed E-state index contributed by atoms with van der Waals surface area (Å²) in [6.45, 7) is 7.42. The Morgan fingerprint density at radius 1 is 1.43 bits per heavy atom. The predicted molar refractivity (Wildman–Crippen MR) is 79.5 cm³/mol. The third kappa shape index (κ3) is 3.10. The molecule has 0 fully saturated rings. The van der Waals surface area contributed by atoms with Crippen molar-refractivity contribution in [3.8, 4) is 0 Å². The minimum absolute atomic E-state index is 0.0744. The lowest BCUT2D eigenvalue weighted by Crippen LogP contribution is -2.38. The van der Waals surface area contributed by atoms with E-state index in [-0.39, 0.29) is 17.1 Å². The number of aliphatic hydroxyl groups is 1. The van der Waals surface area contributed by atoms with E-state index in [0.717, 1.165) is 11.1 Å². The molecule has 2 rings (SSSR count). The van der Waals surface area contributed by atoms with Crippen molar-refractivity contribution < 1.29 is 19.4 Å². The Bertz CT molecular complexity index is 517. The molecule has 4 heteroatoms. The summed E-state index contributed by atoms with van der Waals surface area (Å²) in [7, 11) is 0. The van der Waals surface area contributed by atoms with Gasteiger partial charge in [0, 0.05) is 18.8 Å². The molecule has 1 N–H and O–H groups in total. The molecule has 0 radical (unpaired) electrons. The number of hydrogen-bond acceptors (Lipinski definition) is 4. The van der Waals surface area contributed by atoms with Crippen LogP contribution in [0.25, 0.3) is 0 Å². The summed E-state index contributed by atoms with van der Waals surface area (Å²) in [5.74, 6) is -0.238. The van der Waals surface area contributed by atoms with Gasteiger partial charge in [0.05, 0.1) is 6.10 Å². The van der Waals surface area contributed by atoms with Crippen molar-refractivity contribution in [3.63, 3.8) is 0 Å². The SMILES string of the molecule is CC(=O)O[C@@H]1C(=O)CCC2=C[C@@H](O)C[C@H](C)[C@@]2(C)/C=C\1C. The molecule has 0 amide bonds. The van der Waals surface area contributed by atoms with Crippen LogP contribution in [0, 0.1) is 11.3 Å². The first-order valence-corrected chi connectivity index (χ1v) is 7.52. The van der Waals surface area contributed by atoms with Gasteiger partial charge < -0.3 is 9.84 Å². The van der Waals surface area contributed by atoms with Gasteiger partial charge in [0.2, 0.25) is 0 Å². The average molecular weight is 292 g/mol. The largest absolute Gasteiger partial charge is 0.450 e. The smallest absolute Gasteiger partial charge is 0.303 e. The van der Waals surface area contributed by atoms with E-state index in [1.54, 1.807) is 0 Å². The maximum absolute atomic E-state index is 12.2. The Hall–Kier alpha value is -1.42. The average Bonchev–Trinajstić information content (AvgIpc) is 2.37. The molecule has 0 unspecified atom stereocenters. The van der Waals surface area contributed by atoms with Crippen molar-refractivity contribution in [1.82, 2.24) is 0 Å². The van der Waals surface area contributed by atoms with Crippen molar-refractivity contribution in [2.24, 2.45) is 11.3 Å². The number of ether oxygens (including phenoxy) is 1. The summed E-state index contributed by atoms with van der Waals surface area (Å²) in [5.41, 5.74) is 1.71. The van der Waals surface area contributed by atoms with E-state index in [4.69, 9.17) is 4.74 Å². The zero-order valence-electron chi connectivity index (χ0n) is 13.2. The first kappa shape index (κ1) is 16.0. The van der Waals surface area contributed by atoms with Crippen LogP contribution in [-0.4, -0.2) is 29.1 Å². The minimum Gasteiger partial charge on any atom is -0.450 e. The second-order valence-electron chi connectivity index (χ2n) is 6.52. The molecule has 2 aliphatic rings. The van der Waals surface area contributed by atoms with E-state index < -0.39 is 18.2 Å². The van der Waals surface area contributed by atoms with Crippen LogP contribution in [0.5, 0.6) is 0 Å². The summed E-state index contributed by atoms with van der Waals surface area (Å²) < 4.78 is 5.21. The molecule has 0 aliphatic heterocycles. The normalized spacial score (nSPS) is 39.3. The van der Waals surface area contributed by atoms with Gasteiger partial charge in [-0.25, -0.2) is 0 Å². The van der Waals surface area contributed by atoms with Crippen LogP contribution in [0.2, 0.25) is 0 Å². The Balaban J connectivity index is 2.45. The maximum Gasteiger partial charge on any atom is 0.303 e. The van der Waals surface area contributed by atoms with Crippen LogP contribution < -0.4 is 0 Å². The Kier molecular flexibility index (Phi) is 4.38. The van der Waals surface area contributed by atoms with Crippen LogP contribution in [-0.2, 0) is 14.3 Å². The molecule has 0 aromatic heterocycles. The van der Waals surface area contributed by atoms with Gasteiger partial charge in [0.15, 0.2) is 11.9 Å². The van der Waals surface area contributed by atoms with Gasteiger partial charge in [0.25, 0.3) is 0 Å². The monoisotopic (exact) mass is 292 g/mol. The Morgan fingerprint density at radius 2 is 2.10 bits per heavy atom. The molecule has 116 valence electrons. The van der Waals surface area contributed by atoms with Crippen molar-refractivity contribution in [3.05, 3.63) is 23.3 Å². The van der Waals surface area contributed by atoms with Gasteiger partial charge in [-0.2, -0.15) is 0 Å². The van der Waals surface area contributed by atoms with Crippen molar-refractivity contribution >= 4 is 11.8 Å². The van der Waals surface area contributed by atoms with E-state index in [2.05, 4.69) is 19.9 Å². The third-order valence-electron chi connectivity index (χ3n) is 4.86. The quantitative estimate of drug-likeness (QED) is 0.596. The van der Waals surface area contributed by atoms with Crippen LogP contribution in [0.3, 0.4) is 0 Å². The van der Waals surface area contributed by atoms with E-state index in [0.29, 0.717) is 19.3 Å². The zero-order chi connectivity index (χ0) is 15.8. The molecule has 2 aliphatic carbocycles. The van der Waals surface area contributed by atoms with Crippen molar-refractivity contribution in [2.45, 2.75) is 59.2 Å². The highest BCUT2D eigenvalue weighted by Crippen LogP contribution is 2.47. The predicted octanol–water partition coefficient (Wildman–Crippen LogP) is 2.56. The lowest BCUT2D eigenvalue weighted by Gasteiger charge is -2.42. The Morgan fingerprint density at radius 3 is 2.71 bits per heavy atom. The van der Waals surface area contributed by atoms with E-state index in [9.17, 15) is 14.7 Å². The summed E-state index contributed by atoms with van der Waals surface area (Å²) in [4.78, 5) is 23.5. The van der Waals surface area contributed by atoms with Crippen LogP contribution in [0.1, 0.15) is 47.0 Å². The number of hydrogen-bond donors (Lipinski definition) is 1. The molecule has 0 heterocycles. The zero-order valence-corrected chi connectivity index (χ0v) is 13.2. The van der Waals surface area contributed by atoms with Gasteiger partial charge in [-0.15, -0.1) is 0 Å². The second kappa shape index (κ2) is 5.76. The molecule has 0 aromatic rings. The van der Waals surface area contributed by atoms with Gasteiger partial charge in [-0.3, -0.25) is 9.59 Å². The molecule has 0 aromatic carbocycles. The summed E-state index contributed by atoms with van der Waals surface area (Å²) >= 11 is 0. The highest BCUT2D eigenvalue weighted by molar-refractivity contribution is 5.88. The fourth-order valence-corrected chi connectivity index (χ4v) is 3.51. The number of carbonyl (C=O) groups is 2. The fourth-order valence-electron chi connectivity index (χ4n) is 3.51. The van der Waals surface area contributed by atoms with Crippen LogP contribution in [0.15, 0.2) is 23.3 Å². The summed E-state index contributed by atoms with van der Waals surface area (Å²) in [6, 6.07) is 0. The number of carbonyl (C=O) groups excluding carboxylic acids is 2. The molecular formula is C17H24O4. The van der Waals surface area contributed by atoms with Crippen molar-refractivity contribution in [1.29, 1.82) is 0 Å². The number of esters is 1. The Labute approximate surface area is 125 Å². The van der Waals surface area contributed by atoms with Gasteiger partial charge >= 0.3 is 5.97 Å². The molecule has 0 spiro atoms. The van der Waals surface area contributed by atoms with Crippen LogP contribution in [0.4, 0.5) is 0 Å². The highest BCUT2D eigenvalue weighted by atomic mass is 16.5. The number of ketones is 1. The molecule has 0 saturated heterocycles. The number of aliphatic hydroxyl groups excluding tert-OH is 1. The number of allylic oxidation sites excluding steroid dienone is 2. The third-order valence-corrected chi connectivity index (χ3v) is 4.86. The highest BCUT2D eigenvalue weighted by Gasteiger charge is 2.40. The van der Waals surface area contributed by atoms with Gasteiger partial charge in [-0.05, 0) is 31.3 Å². The summed E-state index contributed by atoms with van der Waals surface area (Å²) in [5, 5.41) is 9.95. The topological polar surface area (TPSA) is 63.6 Å². The van der Waals surface area contributed by atoms with Crippen LogP contribution >= 0.6 is 0 Å². The summed E-state index contributed by atoms with van der Waals surface area (Å²) in [6.07, 6.45) is 4.40. The molecule has 0 saturated carbocycles. The van der Waals surface area contributed by atoms with Gasteiger partial charge in [0.1, 0.15) is 0 Å². The van der Waals surface area contributed by atoms with E-state index in [1.807, 2.05) is 13.0 Å². The standard InChI is InChI=1S/C17H24O4/c1-10-9-17(4)11(2)7-14(19)8-13(17)5-6-15(20)16(10)21-12(3)18/h8-9,11,14,16,19H,5-7H2,1-4H3/b10-9-/t11-,14-,16-,17+/m0/s1. The fraction of sp³-hybridized carbons (Fsp3) is 0.647. The first-order chi connectivity index (χ1) is 9.74. The lowest BCUT2D eigenvalue weighted by atomic mass is 9.63. The first-order valence-electron chi connectivity index (χ1n) is 7.52. The number of fused-ring (bicyclic) bond motifs is 1. The minimum atomic E-state index is -0.764. The molecule has 4 nitrogen and oxygen atoms in total. The van der Waals surface area contributed by atoms with E-state index >= 15 is 0 Å². The van der Waals surface area contributed by atoms with Gasteiger partial charge in [-0.1, -0.05) is 31.6 Å². The van der Waals surface area contributed by atoms with E-state index in [1.165, 1.54) is 6.92 Å². The lowest BCUT2D eigenvalue weighted by molar-refractivity contribution is -0.150. The molecule has 21 heavy (non-hydrogen) atoms. The molecule has 4 atom stereocenters. The second-order valence-corrected chi connectivity index (χ2v) is 6.52. The maximum atomic E-state index is 12.2.